The van der Waals surface area contributed by atoms with Crippen LogP contribution in [0.15, 0.2) is 73.3 Å². The molecule has 0 unspecified atom stereocenters. The van der Waals surface area contributed by atoms with Crippen LogP contribution in [0.25, 0.3) is 0 Å². The molecule has 6 heteroatoms. The fraction of sp³-hybridized carbons (Fsp3) is 0.143. The van der Waals surface area contributed by atoms with E-state index in [2.05, 4.69) is 9.97 Å². The van der Waals surface area contributed by atoms with Crippen LogP contribution in [0.1, 0.15) is 31.8 Å². The molecule has 1 atom stereocenters. The van der Waals surface area contributed by atoms with Crippen molar-refractivity contribution in [3.63, 3.8) is 0 Å². The Hall–Kier alpha value is -3.54. The number of aromatic nitrogens is 2. The first-order valence-corrected chi connectivity index (χ1v) is 8.78. The lowest BCUT2D eigenvalue weighted by Crippen LogP contribution is -2.51. The van der Waals surface area contributed by atoms with Crippen LogP contribution < -0.4 is 0 Å². The molecular formula is C21H16N4O2. The van der Waals surface area contributed by atoms with E-state index >= 15 is 0 Å². The maximum absolute atomic E-state index is 13.4. The highest BCUT2D eigenvalue weighted by Gasteiger charge is 2.59. The number of carbonyl (C=O) groups excluding carboxylic acids is 2. The van der Waals surface area contributed by atoms with E-state index in [-0.39, 0.29) is 11.8 Å². The summed E-state index contributed by atoms with van der Waals surface area (Å²) in [5.41, 5.74) is 1.74. The zero-order chi connectivity index (χ0) is 18.4. The lowest BCUT2D eigenvalue weighted by molar-refractivity contribution is 0.0374. The molecule has 0 radical (unpaired) electrons. The van der Waals surface area contributed by atoms with Crippen LogP contribution in [0.3, 0.4) is 0 Å². The van der Waals surface area contributed by atoms with E-state index in [4.69, 9.17) is 0 Å². The number of carbonyl (C=O) groups is 2. The van der Waals surface area contributed by atoms with Crippen molar-refractivity contribution in [1.82, 2.24) is 19.8 Å². The number of pyridine rings is 2. The molecule has 0 bridgehead atoms. The monoisotopic (exact) mass is 356 g/mol. The highest BCUT2D eigenvalue weighted by Crippen LogP contribution is 2.49. The number of fused-ring (bicyclic) bond motifs is 3. The average molecular weight is 356 g/mol. The van der Waals surface area contributed by atoms with Gasteiger partial charge in [0, 0.05) is 49.0 Å². The van der Waals surface area contributed by atoms with Gasteiger partial charge in [0.15, 0.2) is 5.66 Å². The molecule has 1 aromatic carbocycles. The molecule has 1 fully saturated rings. The van der Waals surface area contributed by atoms with Gasteiger partial charge < -0.3 is 9.80 Å². The molecule has 2 aliphatic rings. The first kappa shape index (κ1) is 15.7. The fourth-order valence-corrected chi connectivity index (χ4v) is 4.24. The third-order valence-corrected chi connectivity index (χ3v) is 5.33. The number of hydrogen-bond acceptors (Lipinski definition) is 4. The second kappa shape index (κ2) is 5.74. The van der Waals surface area contributed by atoms with Gasteiger partial charge in [-0.2, -0.15) is 0 Å². The molecule has 2 aromatic heterocycles. The highest BCUT2D eigenvalue weighted by molar-refractivity contribution is 6.03. The molecule has 0 spiro atoms. The number of hydrogen-bond donors (Lipinski definition) is 0. The summed E-state index contributed by atoms with van der Waals surface area (Å²) < 4.78 is 0. The van der Waals surface area contributed by atoms with Gasteiger partial charge in [0.25, 0.3) is 11.8 Å². The van der Waals surface area contributed by atoms with Crippen molar-refractivity contribution < 1.29 is 9.59 Å². The Morgan fingerprint density at radius 2 is 1.74 bits per heavy atom. The van der Waals surface area contributed by atoms with Crippen LogP contribution >= 0.6 is 0 Å². The molecule has 132 valence electrons. The standard InChI is InChI=1S/C21H16N4O2/c26-19(15-5-4-9-22-13-15)24-11-12-25-20(27)17-8-10-23-14-18(17)21(24,25)16-6-2-1-3-7-16/h1-10,13-14H,11-12H2/t21-/m1/s1. The average Bonchev–Trinajstić information content (AvgIpc) is 3.25. The second-order valence-corrected chi connectivity index (χ2v) is 6.61. The van der Waals surface area contributed by atoms with Gasteiger partial charge in [-0.1, -0.05) is 30.3 Å². The molecule has 2 amide bonds. The Bertz CT molecular complexity index is 1040. The van der Waals surface area contributed by atoms with Crippen molar-refractivity contribution in [3.8, 4) is 0 Å². The van der Waals surface area contributed by atoms with Gasteiger partial charge in [-0.3, -0.25) is 19.6 Å². The SMILES string of the molecule is O=C(c1cccnc1)N1CCN2C(=O)c3ccncc3[C@]12c1ccccc1. The van der Waals surface area contributed by atoms with Gasteiger partial charge >= 0.3 is 0 Å². The minimum atomic E-state index is -0.977. The van der Waals surface area contributed by atoms with Gasteiger partial charge in [-0.15, -0.1) is 0 Å². The van der Waals surface area contributed by atoms with Gasteiger partial charge in [0.2, 0.25) is 0 Å². The summed E-state index contributed by atoms with van der Waals surface area (Å²) in [6.07, 6.45) is 6.52. The molecule has 1 saturated heterocycles. The van der Waals surface area contributed by atoms with E-state index in [0.717, 1.165) is 11.1 Å². The first-order chi connectivity index (χ1) is 13.2. The first-order valence-electron chi connectivity index (χ1n) is 8.78. The van der Waals surface area contributed by atoms with Crippen molar-refractivity contribution in [1.29, 1.82) is 0 Å². The van der Waals surface area contributed by atoms with E-state index in [0.29, 0.717) is 24.2 Å². The molecule has 3 aromatic rings. The van der Waals surface area contributed by atoms with Crippen LogP contribution in [0.4, 0.5) is 0 Å². The molecule has 0 N–H and O–H groups in total. The van der Waals surface area contributed by atoms with Crippen LogP contribution in [-0.4, -0.2) is 44.7 Å². The Morgan fingerprint density at radius 1 is 0.926 bits per heavy atom. The molecule has 0 aliphatic carbocycles. The lowest BCUT2D eigenvalue weighted by atomic mass is 9.90. The summed E-state index contributed by atoms with van der Waals surface area (Å²) in [7, 11) is 0. The fourth-order valence-electron chi connectivity index (χ4n) is 4.24. The van der Waals surface area contributed by atoms with Crippen LogP contribution in [-0.2, 0) is 5.66 Å². The molecule has 0 saturated carbocycles. The third kappa shape index (κ3) is 2.01. The molecule has 27 heavy (non-hydrogen) atoms. The Kier molecular flexibility index (Phi) is 3.33. The molecule has 4 heterocycles. The number of nitrogens with zero attached hydrogens (tertiary/aromatic N) is 4. The van der Waals surface area contributed by atoms with Crippen molar-refractivity contribution in [3.05, 3.63) is 95.6 Å². The summed E-state index contributed by atoms with van der Waals surface area (Å²) in [4.78, 5) is 38.4. The highest BCUT2D eigenvalue weighted by atomic mass is 16.2. The summed E-state index contributed by atoms with van der Waals surface area (Å²) in [5, 5.41) is 0. The van der Waals surface area contributed by atoms with E-state index in [9.17, 15) is 9.59 Å². The largest absolute Gasteiger partial charge is 0.306 e. The van der Waals surface area contributed by atoms with Gasteiger partial charge in [-0.05, 0) is 18.2 Å². The van der Waals surface area contributed by atoms with E-state index < -0.39 is 5.66 Å². The van der Waals surface area contributed by atoms with Crippen LogP contribution in [0, 0.1) is 0 Å². The van der Waals surface area contributed by atoms with Gasteiger partial charge in [-0.25, -0.2) is 0 Å². The van der Waals surface area contributed by atoms with Gasteiger partial charge in [0.05, 0.1) is 11.1 Å². The third-order valence-electron chi connectivity index (χ3n) is 5.33. The zero-order valence-corrected chi connectivity index (χ0v) is 14.4. The minimum absolute atomic E-state index is 0.0715. The number of benzene rings is 1. The van der Waals surface area contributed by atoms with Crippen molar-refractivity contribution in [2.45, 2.75) is 5.66 Å². The Balaban J connectivity index is 1.77. The Morgan fingerprint density at radius 3 is 2.52 bits per heavy atom. The van der Waals surface area contributed by atoms with Crippen LogP contribution in [0.5, 0.6) is 0 Å². The van der Waals surface area contributed by atoms with E-state index in [1.807, 2.05) is 30.3 Å². The van der Waals surface area contributed by atoms with Crippen molar-refractivity contribution >= 4 is 11.8 Å². The number of amides is 2. The maximum atomic E-state index is 13.4. The predicted octanol–water partition coefficient (Wildman–Crippen LogP) is 2.29. The summed E-state index contributed by atoms with van der Waals surface area (Å²) in [6, 6.07) is 14.9. The van der Waals surface area contributed by atoms with Gasteiger partial charge in [0.1, 0.15) is 0 Å². The van der Waals surface area contributed by atoms with E-state index in [1.54, 1.807) is 52.8 Å². The second-order valence-electron chi connectivity index (χ2n) is 6.61. The zero-order valence-electron chi connectivity index (χ0n) is 14.4. The van der Waals surface area contributed by atoms with Crippen molar-refractivity contribution in [2.24, 2.45) is 0 Å². The molecule has 2 aliphatic heterocycles. The van der Waals surface area contributed by atoms with Crippen LogP contribution in [0.2, 0.25) is 0 Å². The Labute approximate surface area is 156 Å². The van der Waals surface area contributed by atoms with E-state index in [1.165, 1.54) is 0 Å². The predicted molar refractivity (Wildman–Crippen MR) is 97.8 cm³/mol. The summed E-state index contributed by atoms with van der Waals surface area (Å²) >= 11 is 0. The lowest BCUT2D eigenvalue weighted by Gasteiger charge is -2.40. The molecule has 5 rings (SSSR count). The maximum Gasteiger partial charge on any atom is 0.257 e. The smallest absolute Gasteiger partial charge is 0.257 e. The number of rotatable bonds is 2. The normalized spacial score (nSPS) is 20.5. The molecule has 6 nitrogen and oxygen atoms in total. The topological polar surface area (TPSA) is 66.4 Å². The quantitative estimate of drug-likeness (QED) is 0.707. The summed E-state index contributed by atoms with van der Waals surface area (Å²) in [6.45, 7) is 0.914. The van der Waals surface area contributed by atoms with Crippen molar-refractivity contribution in [2.75, 3.05) is 13.1 Å². The molecular weight excluding hydrogens is 340 g/mol. The summed E-state index contributed by atoms with van der Waals surface area (Å²) in [5.74, 6) is -0.225. The minimum Gasteiger partial charge on any atom is -0.306 e.